The number of amides is 1. The molecule has 59 heavy (non-hydrogen) atoms. The number of carbonyl (C=O) groups is 1. The van der Waals surface area contributed by atoms with E-state index < -0.39 is 78.5 Å². The maximum atomic E-state index is 13.1. The van der Waals surface area contributed by atoms with Crippen molar-refractivity contribution >= 4 is 16.3 Å². The van der Waals surface area contributed by atoms with Crippen LogP contribution in [0.5, 0.6) is 0 Å². The van der Waals surface area contributed by atoms with Gasteiger partial charge in [0.1, 0.15) is 30.5 Å². The number of nitrogens with one attached hydrogen (secondary N) is 1. The summed E-state index contributed by atoms with van der Waals surface area (Å²) in [6, 6.07) is -1.03. The van der Waals surface area contributed by atoms with E-state index in [4.69, 9.17) is 9.47 Å². The van der Waals surface area contributed by atoms with Gasteiger partial charge < -0.3 is 40.3 Å². The van der Waals surface area contributed by atoms with Gasteiger partial charge in [0.2, 0.25) is 5.91 Å². The van der Waals surface area contributed by atoms with Gasteiger partial charge in [0.25, 0.3) is 0 Å². The van der Waals surface area contributed by atoms with Crippen molar-refractivity contribution in [3.05, 3.63) is 12.2 Å². The van der Waals surface area contributed by atoms with Crippen LogP contribution in [0.15, 0.2) is 12.2 Å². The summed E-state index contributed by atoms with van der Waals surface area (Å²) in [5.41, 5.74) is 0. The van der Waals surface area contributed by atoms with Gasteiger partial charge >= 0.3 is 10.4 Å². The summed E-state index contributed by atoms with van der Waals surface area (Å²) in [7, 11) is -5.11. The maximum absolute atomic E-state index is 13.1. The Balaban J connectivity index is 2.56. The fourth-order valence-electron chi connectivity index (χ4n) is 7.64. The van der Waals surface area contributed by atoms with Gasteiger partial charge in [0.15, 0.2) is 6.29 Å². The zero-order valence-electron chi connectivity index (χ0n) is 36.9. The zero-order chi connectivity index (χ0) is 43.6. The second-order valence-corrected chi connectivity index (χ2v) is 17.9. The van der Waals surface area contributed by atoms with E-state index in [9.17, 15) is 43.3 Å². The molecule has 1 aliphatic rings. The SMILES string of the molecule is CCCCCCCCC/C=C\CCCCCCC(O)C(=O)NC(COC1OC(CO)C(O)C(OS(=O)(=O)O)C1O)C(O)CCCCCCCCCCCCCCCCC. The van der Waals surface area contributed by atoms with Crippen molar-refractivity contribution in [3.8, 4) is 0 Å². The number of carbonyl (C=O) groups excluding carboxylic acids is 1. The number of ether oxygens (including phenoxy) is 2. The minimum absolute atomic E-state index is 0.248. The van der Waals surface area contributed by atoms with Crippen LogP contribution in [0.1, 0.15) is 206 Å². The van der Waals surface area contributed by atoms with Crippen LogP contribution in [-0.2, 0) is 28.9 Å². The van der Waals surface area contributed by atoms with Crippen LogP contribution in [0.4, 0.5) is 0 Å². The van der Waals surface area contributed by atoms with Crippen molar-refractivity contribution in [1.29, 1.82) is 0 Å². The minimum Gasteiger partial charge on any atom is -0.394 e. The molecule has 0 aromatic heterocycles. The predicted octanol–water partition coefficient (Wildman–Crippen LogP) is 8.14. The van der Waals surface area contributed by atoms with E-state index >= 15 is 0 Å². The highest BCUT2D eigenvalue weighted by Crippen LogP contribution is 2.26. The lowest BCUT2D eigenvalue weighted by Gasteiger charge is -2.41. The second-order valence-electron chi connectivity index (χ2n) is 16.8. The maximum Gasteiger partial charge on any atom is 0.397 e. The predicted molar refractivity (Wildman–Crippen MR) is 233 cm³/mol. The smallest absolute Gasteiger partial charge is 0.394 e. The van der Waals surface area contributed by atoms with E-state index in [0.29, 0.717) is 19.3 Å². The molecule has 0 aromatic carbocycles. The Bertz CT molecular complexity index is 1130. The Morgan fingerprint density at radius 3 is 1.53 bits per heavy atom. The van der Waals surface area contributed by atoms with Gasteiger partial charge in [-0.15, -0.1) is 0 Å². The molecular formula is C45H87NO12S. The van der Waals surface area contributed by atoms with E-state index in [1.807, 2.05) is 0 Å². The van der Waals surface area contributed by atoms with Gasteiger partial charge in [-0.3, -0.25) is 9.35 Å². The molecule has 0 aliphatic carbocycles. The number of aliphatic hydroxyl groups is 5. The minimum atomic E-state index is -5.11. The summed E-state index contributed by atoms with van der Waals surface area (Å²) >= 11 is 0. The van der Waals surface area contributed by atoms with E-state index in [2.05, 4.69) is 35.5 Å². The average Bonchev–Trinajstić information content (AvgIpc) is 3.20. The summed E-state index contributed by atoms with van der Waals surface area (Å²) < 4.78 is 47.6. The van der Waals surface area contributed by atoms with Crippen molar-refractivity contribution in [2.24, 2.45) is 0 Å². The third-order valence-corrected chi connectivity index (χ3v) is 11.9. The molecule has 7 N–H and O–H groups in total. The Morgan fingerprint density at radius 2 is 1.08 bits per heavy atom. The highest BCUT2D eigenvalue weighted by molar-refractivity contribution is 7.80. The van der Waals surface area contributed by atoms with Crippen molar-refractivity contribution in [3.63, 3.8) is 0 Å². The van der Waals surface area contributed by atoms with E-state index in [1.165, 1.54) is 116 Å². The fourth-order valence-corrected chi connectivity index (χ4v) is 8.15. The molecular weight excluding hydrogens is 779 g/mol. The molecule has 1 heterocycles. The van der Waals surface area contributed by atoms with Crippen molar-refractivity contribution < 1.29 is 57.0 Å². The summed E-state index contributed by atoms with van der Waals surface area (Å²) in [4.78, 5) is 13.1. The third-order valence-electron chi connectivity index (χ3n) is 11.4. The molecule has 1 rings (SSSR count). The summed E-state index contributed by atoms with van der Waals surface area (Å²) in [6.45, 7) is 3.27. The molecule has 0 radical (unpaired) electrons. The standard InChI is InChI=1S/C45H87NO12S/c1-3-5-7-9-11-13-15-17-19-21-23-25-27-29-31-33-38(48)37(36-56-45-42(51)43(58-59(53,54)55)41(50)40(35-47)57-45)46-44(52)39(49)34-32-30-28-26-24-22-20-18-16-14-12-10-8-6-4-2/h20,22,37-43,45,47-51H,3-19,21,23-36H2,1-2H3,(H,46,52)(H,53,54,55)/b22-20-. The van der Waals surface area contributed by atoms with Crippen LogP contribution in [0.25, 0.3) is 0 Å². The average molecular weight is 866 g/mol. The van der Waals surface area contributed by atoms with E-state index in [1.54, 1.807) is 0 Å². The third kappa shape index (κ3) is 28.9. The van der Waals surface area contributed by atoms with Gasteiger partial charge in [0.05, 0.1) is 25.4 Å². The molecule has 13 nitrogen and oxygen atoms in total. The Hall–Kier alpha value is -1.20. The van der Waals surface area contributed by atoms with Crippen LogP contribution in [-0.4, -0.2) is 107 Å². The lowest BCUT2D eigenvalue weighted by molar-refractivity contribution is -0.298. The summed E-state index contributed by atoms with van der Waals surface area (Å²) in [6.07, 6.45) is 26.8. The molecule has 0 aromatic rings. The van der Waals surface area contributed by atoms with Crippen molar-refractivity contribution in [1.82, 2.24) is 5.32 Å². The molecule has 8 unspecified atom stereocenters. The lowest BCUT2D eigenvalue weighted by Crippen LogP contribution is -2.61. The monoisotopic (exact) mass is 866 g/mol. The van der Waals surface area contributed by atoms with Crippen LogP contribution in [0.2, 0.25) is 0 Å². The molecule has 1 aliphatic heterocycles. The first-order valence-electron chi connectivity index (χ1n) is 23.7. The quantitative estimate of drug-likeness (QED) is 0.0177. The van der Waals surface area contributed by atoms with Crippen molar-refractivity contribution in [2.75, 3.05) is 13.2 Å². The fraction of sp³-hybridized carbons (Fsp3) is 0.933. The van der Waals surface area contributed by atoms with Gasteiger partial charge in [0, 0.05) is 0 Å². The largest absolute Gasteiger partial charge is 0.397 e. The molecule has 8 atom stereocenters. The molecule has 14 heteroatoms. The lowest BCUT2D eigenvalue weighted by atomic mass is 9.99. The highest BCUT2D eigenvalue weighted by atomic mass is 32.3. The highest BCUT2D eigenvalue weighted by Gasteiger charge is 2.48. The summed E-state index contributed by atoms with van der Waals surface area (Å²) in [5.74, 6) is -0.677. The second kappa shape index (κ2) is 36.3. The summed E-state index contributed by atoms with van der Waals surface area (Å²) in [5, 5.41) is 55.4. The molecule has 0 bridgehead atoms. The topological polar surface area (TPSA) is 212 Å². The van der Waals surface area contributed by atoms with Crippen LogP contribution >= 0.6 is 0 Å². The van der Waals surface area contributed by atoms with Gasteiger partial charge in [-0.25, -0.2) is 4.18 Å². The molecule has 0 spiro atoms. The van der Waals surface area contributed by atoms with E-state index in [-0.39, 0.29) is 6.42 Å². The molecule has 1 saturated heterocycles. The Labute approximate surface area is 358 Å². The number of hydrogen-bond acceptors (Lipinski definition) is 11. The Kier molecular flexibility index (Phi) is 34.3. The number of allylic oxidation sites excluding steroid dienone is 2. The van der Waals surface area contributed by atoms with Crippen LogP contribution in [0.3, 0.4) is 0 Å². The zero-order valence-corrected chi connectivity index (χ0v) is 37.8. The van der Waals surface area contributed by atoms with Gasteiger partial charge in [-0.2, -0.15) is 8.42 Å². The number of rotatable bonds is 40. The van der Waals surface area contributed by atoms with Gasteiger partial charge in [-0.1, -0.05) is 180 Å². The van der Waals surface area contributed by atoms with Crippen molar-refractivity contribution in [2.45, 2.75) is 255 Å². The number of hydrogen-bond donors (Lipinski definition) is 7. The van der Waals surface area contributed by atoms with E-state index in [0.717, 1.165) is 51.4 Å². The first-order chi connectivity index (χ1) is 28.4. The Morgan fingerprint density at radius 1 is 0.661 bits per heavy atom. The van der Waals surface area contributed by atoms with Gasteiger partial charge in [-0.05, 0) is 38.5 Å². The normalized spacial score (nSPS) is 21.5. The number of aliphatic hydroxyl groups excluding tert-OH is 5. The first-order valence-corrected chi connectivity index (χ1v) is 25.0. The number of unbranched alkanes of at least 4 members (excludes halogenated alkanes) is 25. The molecule has 1 fully saturated rings. The van der Waals surface area contributed by atoms with Crippen LogP contribution in [0, 0.1) is 0 Å². The molecule has 0 saturated carbocycles. The molecule has 350 valence electrons. The van der Waals surface area contributed by atoms with Crippen LogP contribution < -0.4 is 5.32 Å². The molecule has 1 amide bonds. The first kappa shape index (κ1) is 55.8.